The van der Waals surface area contributed by atoms with Crippen LogP contribution < -0.4 is 10.6 Å². The Labute approximate surface area is 113 Å². The van der Waals surface area contributed by atoms with Gasteiger partial charge in [-0.15, -0.1) is 0 Å². The number of ether oxygens (including phenoxy) is 1. The maximum atomic E-state index is 11.6. The number of carbonyl (C=O) groups excluding carboxylic acids is 1. The van der Waals surface area contributed by atoms with Crippen molar-refractivity contribution in [3.8, 4) is 0 Å². The Bertz CT molecular complexity index is 319. The molecule has 19 heavy (non-hydrogen) atoms. The third kappa shape index (κ3) is 6.42. The molecular formula is C13H24N2O4. The van der Waals surface area contributed by atoms with E-state index in [1.165, 1.54) is 0 Å². The van der Waals surface area contributed by atoms with E-state index in [0.29, 0.717) is 6.42 Å². The standard InChI is InChI=1S/C13H24N2O4/c1-13(2,3)19-12(18)15-10(11(16)17)7-9-5-4-6-14-8-9/h9-10,14H,4-8H2,1-3H3,(H,15,18)(H,16,17)/t9-,10+/m0/s1. The SMILES string of the molecule is CC(C)(C)OC(=O)N[C@H](C[C@@H]1CCCNC1)C(=O)O. The van der Waals surface area contributed by atoms with E-state index in [1.54, 1.807) is 20.8 Å². The van der Waals surface area contributed by atoms with Gasteiger partial charge in [-0.05, 0) is 59.0 Å². The second-order valence-electron chi connectivity index (χ2n) is 5.99. The van der Waals surface area contributed by atoms with E-state index in [2.05, 4.69) is 10.6 Å². The van der Waals surface area contributed by atoms with Gasteiger partial charge in [0.1, 0.15) is 11.6 Å². The number of rotatable bonds is 4. The van der Waals surface area contributed by atoms with E-state index >= 15 is 0 Å². The van der Waals surface area contributed by atoms with Crippen molar-refractivity contribution < 1.29 is 19.4 Å². The van der Waals surface area contributed by atoms with Crippen LogP contribution in [0.3, 0.4) is 0 Å². The van der Waals surface area contributed by atoms with E-state index in [-0.39, 0.29) is 5.92 Å². The van der Waals surface area contributed by atoms with Gasteiger partial charge in [-0.3, -0.25) is 0 Å². The molecule has 3 N–H and O–H groups in total. The Morgan fingerprint density at radius 3 is 2.63 bits per heavy atom. The van der Waals surface area contributed by atoms with Gasteiger partial charge in [0, 0.05) is 0 Å². The highest BCUT2D eigenvalue weighted by atomic mass is 16.6. The average molecular weight is 272 g/mol. The van der Waals surface area contributed by atoms with Gasteiger partial charge in [0.15, 0.2) is 0 Å². The van der Waals surface area contributed by atoms with Gasteiger partial charge in [0.05, 0.1) is 0 Å². The number of hydrogen-bond acceptors (Lipinski definition) is 4. The van der Waals surface area contributed by atoms with Gasteiger partial charge in [0.2, 0.25) is 0 Å². The van der Waals surface area contributed by atoms with E-state index in [4.69, 9.17) is 9.84 Å². The van der Waals surface area contributed by atoms with Crippen LogP contribution in [0.5, 0.6) is 0 Å². The highest BCUT2D eigenvalue weighted by Gasteiger charge is 2.27. The minimum absolute atomic E-state index is 0.282. The van der Waals surface area contributed by atoms with E-state index in [9.17, 15) is 9.59 Å². The molecule has 0 bridgehead atoms. The van der Waals surface area contributed by atoms with Crippen molar-refractivity contribution in [1.82, 2.24) is 10.6 Å². The first-order valence-electron chi connectivity index (χ1n) is 6.71. The topological polar surface area (TPSA) is 87.7 Å². The lowest BCUT2D eigenvalue weighted by Gasteiger charge is -2.27. The van der Waals surface area contributed by atoms with Crippen LogP contribution in [-0.4, -0.2) is 41.9 Å². The molecule has 1 fully saturated rings. The maximum absolute atomic E-state index is 11.6. The van der Waals surface area contributed by atoms with Crippen molar-refractivity contribution in [1.29, 1.82) is 0 Å². The number of alkyl carbamates (subject to hydrolysis) is 1. The molecule has 1 heterocycles. The molecular weight excluding hydrogens is 248 g/mol. The molecule has 1 rings (SSSR count). The van der Waals surface area contributed by atoms with E-state index < -0.39 is 23.7 Å². The molecule has 1 saturated heterocycles. The summed E-state index contributed by atoms with van der Waals surface area (Å²) in [5.41, 5.74) is -0.625. The number of amides is 1. The highest BCUT2D eigenvalue weighted by molar-refractivity contribution is 5.80. The van der Waals surface area contributed by atoms with E-state index in [1.807, 2.05) is 0 Å². The van der Waals surface area contributed by atoms with Crippen LogP contribution in [0.25, 0.3) is 0 Å². The quantitative estimate of drug-likeness (QED) is 0.719. The molecule has 0 aromatic carbocycles. The predicted octanol–water partition coefficient (Wildman–Crippen LogP) is 1.35. The second kappa shape index (κ2) is 6.75. The Hall–Kier alpha value is -1.30. The summed E-state index contributed by atoms with van der Waals surface area (Å²) in [6.07, 6.45) is 1.79. The molecule has 2 atom stereocenters. The van der Waals surface area contributed by atoms with Gasteiger partial charge in [-0.1, -0.05) is 0 Å². The molecule has 0 radical (unpaired) electrons. The summed E-state index contributed by atoms with van der Waals surface area (Å²) in [4.78, 5) is 22.8. The van der Waals surface area contributed by atoms with Crippen molar-refractivity contribution >= 4 is 12.1 Å². The summed E-state index contributed by atoms with van der Waals surface area (Å²) in [5, 5.41) is 14.8. The second-order valence-corrected chi connectivity index (χ2v) is 5.99. The summed E-state index contributed by atoms with van der Waals surface area (Å²) in [5.74, 6) is -0.735. The molecule has 0 unspecified atom stereocenters. The fourth-order valence-electron chi connectivity index (χ4n) is 2.13. The molecule has 0 aliphatic carbocycles. The van der Waals surface area contributed by atoms with Crippen LogP contribution in [0.1, 0.15) is 40.0 Å². The van der Waals surface area contributed by atoms with Crippen LogP contribution in [-0.2, 0) is 9.53 Å². The molecule has 0 aromatic heterocycles. The molecule has 1 amide bonds. The smallest absolute Gasteiger partial charge is 0.408 e. The molecule has 0 aromatic rings. The summed E-state index contributed by atoms with van der Waals surface area (Å²) in [6, 6.07) is -0.889. The first-order valence-corrected chi connectivity index (χ1v) is 6.71. The number of carboxylic acids is 1. The monoisotopic (exact) mass is 272 g/mol. The Morgan fingerprint density at radius 2 is 2.16 bits per heavy atom. The first kappa shape index (κ1) is 15.8. The number of carbonyl (C=O) groups is 2. The number of hydrogen-bond donors (Lipinski definition) is 3. The summed E-state index contributed by atoms with van der Waals surface area (Å²) < 4.78 is 5.08. The lowest BCUT2D eigenvalue weighted by Crippen LogP contribution is -2.45. The Morgan fingerprint density at radius 1 is 1.47 bits per heavy atom. The number of nitrogens with one attached hydrogen (secondary N) is 2. The normalized spacial score (nSPS) is 21.5. The van der Waals surface area contributed by atoms with Crippen LogP contribution >= 0.6 is 0 Å². The molecule has 6 heteroatoms. The minimum Gasteiger partial charge on any atom is -0.480 e. The van der Waals surface area contributed by atoms with Gasteiger partial charge >= 0.3 is 12.1 Å². The van der Waals surface area contributed by atoms with Crippen LogP contribution in [0, 0.1) is 5.92 Å². The molecule has 110 valence electrons. The zero-order valence-corrected chi connectivity index (χ0v) is 11.9. The van der Waals surface area contributed by atoms with Gasteiger partial charge < -0.3 is 20.5 Å². The van der Waals surface area contributed by atoms with Crippen LogP contribution in [0.2, 0.25) is 0 Å². The molecule has 6 nitrogen and oxygen atoms in total. The van der Waals surface area contributed by atoms with Gasteiger partial charge in [0.25, 0.3) is 0 Å². The van der Waals surface area contributed by atoms with Gasteiger partial charge in [-0.25, -0.2) is 9.59 Å². The highest BCUT2D eigenvalue weighted by Crippen LogP contribution is 2.16. The summed E-state index contributed by atoms with van der Waals surface area (Å²) in [6.45, 7) is 7.02. The predicted molar refractivity (Wildman–Crippen MR) is 71.0 cm³/mol. The zero-order chi connectivity index (χ0) is 14.5. The van der Waals surface area contributed by atoms with Crippen LogP contribution in [0.15, 0.2) is 0 Å². The number of piperidine rings is 1. The summed E-state index contributed by atoms with van der Waals surface area (Å²) in [7, 11) is 0. The fraction of sp³-hybridized carbons (Fsp3) is 0.846. The van der Waals surface area contributed by atoms with Crippen molar-refractivity contribution in [3.63, 3.8) is 0 Å². The molecule has 0 spiro atoms. The largest absolute Gasteiger partial charge is 0.480 e. The van der Waals surface area contributed by atoms with Crippen molar-refractivity contribution in [2.45, 2.75) is 51.7 Å². The van der Waals surface area contributed by atoms with Crippen LogP contribution in [0.4, 0.5) is 4.79 Å². The molecule has 1 aliphatic heterocycles. The third-order valence-corrected chi connectivity index (χ3v) is 2.96. The average Bonchev–Trinajstić information content (AvgIpc) is 2.26. The number of carboxylic acid groups (broad SMARTS) is 1. The van der Waals surface area contributed by atoms with Gasteiger partial charge in [-0.2, -0.15) is 0 Å². The maximum Gasteiger partial charge on any atom is 0.408 e. The first-order chi connectivity index (χ1) is 8.78. The van der Waals surface area contributed by atoms with Crippen molar-refractivity contribution in [2.75, 3.05) is 13.1 Å². The minimum atomic E-state index is -1.02. The van der Waals surface area contributed by atoms with E-state index in [0.717, 1.165) is 25.9 Å². The van der Waals surface area contributed by atoms with Crippen molar-refractivity contribution in [3.05, 3.63) is 0 Å². The lowest BCUT2D eigenvalue weighted by atomic mass is 9.92. The Balaban J connectivity index is 2.48. The summed E-state index contributed by atoms with van der Waals surface area (Å²) >= 11 is 0. The molecule has 0 saturated carbocycles. The zero-order valence-electron chi connectivity index (χ0n) is 11.9. The fourth-order valence-corrected chi connectivity index (χ4v) is 2.13. The van der Waals surface area contributed by atoms with Crippen molar-refractivity contribution in [2.24, 2.45) is 5.92 Å². The molecule has 1 aliphatic rings. The third-order valence-electron chi connectivity index (χ3n) is 2.96. The Kier molecular flexibility index (Phi) is 5.60. The lowest BCUT2D eigenvalue weighted by molar-refractivity contribution is -0.140. The number of aliphatic carboxylic acids is 1.